The number of imidazole rings is 1. The van der Waals surface area contributed by atoms with Gasteiger partial charge in [-0.3, -0.25) is 4.40 Å². The van der Waals surface area contributed by atoms with Crippen LogP contribution in [0.4, 0.5) is 13.2 Å². The van der Waals surface area contributed by atoms with Gasteiger partial charge in [0.1, 0.15) is 0 Å². The Hall–Kier alpha value is -1.82. The molecule has 0 atom stereocenters. The Kier molecular flexibility index (Phi) is 2.63. The van der Waals surface area contributed by atoms with Crippen molar-refractivity contribution in [3.8, 4) is 10.4 Å². The van der Waals surface area contributed by atoms with Gasteiger partial charge < -0.3 is 0 Å². The maximum Gasteiger partial charge on any atom is 0.434 e. The Labute approximate surface area is 111 Å². The van der Waals surface area contributed by atoms with Crippen molar-refractivity contribution in [3.05, 3.63) is 47.9 Å². The van der Waals surface area contributed by atoms with Gasteiger partial charge in [-0.2, -0.15) is 13.2 Å². The lowest BCUT2D eigenvalue weighted by Crippen LogP contribution is -2.04. The van der Waals surface area contributed by atoms with Crippen LogP contribution in [0.25, 0.3) is 15.4 Å². The number of rotatable bonds is 1. The molecule has 0 aliphatic rings. The molecule has 0 fully saturated rings. The largest absolute Gasteiger partial charge is 0.434 e. The minimum absolute atomic E-state index is 0.350. The second-order valence-electron chi connectivity index (χ2n) is 4.28. The zero-order chi connectivity index (χ0) is 13.6. The van der Waals surface area contributed by atoms with Crippen molar-refractivity contribution < 1.29 is 13.2 Å². The van der Waals surface area contributed by atoms with Crippen molar-refractivity contribution in [2.24, 2.45) is 0 Å². The van der Waals surface area contributed by atoms with Crippen molar-refractivity contribution in [1.29, 1.82) is 0 Å². The van der Waals surface area contributed by atoms with Crippen LogP contribution in [-0.2, 0) is 6.18 Å². The molecule has 0 N–H and O–H groups in total. The Bertz CT molecular complexity index is 691. The zero-order valence-electron chi connectivity index (χ0n) is 9.90. The fourth-order valence-corrected chi connectivity index (χ4v) is 2.76. The van der Waals surface area contributed by atoms with Crippen LogP contribution in [0.3, 0.4) is 0 Å². The summed E-state index contributed by atoms with van der Waals surface area (Å²) >= 11 is 1.25. The van der Waals surface area contributed by atoms with Crippen LogP contribution in [0.15, 0.2) is 36.7 Å². The average Bonchev–Trinajstić information content (AvgIpc) is 2.86. The number of nitrogens with zero attached hydrogens (tertiary/aromatic N) is 2. The summed E-state index contributed by atoms with van der Waals surface area (Å²) in [6, 6.07) is 7.84. The average molecular weight is 282 g/mol. The monoisotopic (exact) mass is 282 g/mol. The summed E-state index contributed by atoms with van der Waals surface area (Å²) in [6.07, 6.45) is -1.70. The molecule has 0 amide bonds. The molecule has 0 saturated carbocycles. The first-order chi connectivity index (χ1) is 8.93. The molecule has 0 spiro atoms. The number of alkyl halides is 3. The first-order valence-corrected chi connectivity index (χ1v) is 6.38. The van der Waals surface area contributed by atoms with Gasteiger partial charge in [-0.25, -0.2) is 4.98 Å². The third kappa shape index (κ3) is 2.23. The molecular formula is C13H9F3N2S. The lowest BCUT2D eigenvalue weighted by Gasteiger charge is -1.99. The molecule has 2 aromatic heterocycles. The van der Waals surface area contributed by atoms with Gasteiger partial charge >= 0.3 is 6.18 Å². The fourth-order valence-electron chi connectivity index (χ4n) is 1.78. The van der Waals surface area contributed by atoms with Crippen molar-refractivity contribution in [1.82, 2.24) is 9.38 Å². The number of hydrogen-bond donors (Lipinski definition) is 0. The summed E-state index contributed by atoms with van der Waals surface area (Å²) in [7, 11) is 0. The van der Waals surface area contributed by atoms with Gasteiger partial charge in [0.05, 0.1) is 4.88 Å². The summed E-state index contributed by atoms with van der Waals surface area (Å²) in [6.45, 7) is 1.99. The highest BCUT2D eigenvalue weighted by Crippen LogP contribution is 2.33. The van der Waals surface area contributed by atoms with Crippen LogP contribution < -0.4 is 0 Å². The topological polar surface area (TPSA) is 17.3 Å². The van der Waals surface area contributed by atoms with E-state index >= 15 is 0 Å². The van der Waals surface area contributed by atoms with E-state index in [0.29, 0.717) is 4.96 Å². The zero-order valence-corrected chi connectivity index (χ0v) is 10.7. The first kappa shape index (κ1) is 12.2. The third-order valence-electron chi connectivity index (χ3n) is 2.78. The first-order valence-electron chi connectivity index (χ1n) is 5.56. The number of fused-ring (bicyclic) bond motifs is 1. The van der Waals surface area contributed by atoms with E-state index in [1.54, 1.807) is 6.20 Å². The molecule has 1 aromatic carbocycles. The molecule has 0 aliphatic heterocycles. The molecule has 98 valence electrons. The van der Waals surface area contributed by atoms with Gasteiger partial charge in [0.25, 0.3) is 0 Å². The highest BCUT2D eigenvalue weighted by atomic mass is 32.1. The summed E-state index contributed by atoms with van der Waals surface area (Å²) in [4.78, 5) is 4.85. The molecule has 0 unspecified atom stereocenters. The molecule has 19 heavy (non-hydrogen) atoms. The van der Waals surface area contributed by atoms with E-state index in [2.05, 4.69) is 4.98 Å². The van der Waals surface area contributed by atoms with Crippen LogP contribution in [0.5, 0.6) is 0 Å². The second kappa shape index (κ2) is 4.09. The number of aryl methyl sites for hydroxylation is 1. The lowest BCUT2D eigenvalue weighted by molar-refractivity contribution is -0.140. The number of aromatic nitrogens is 2. The van der Waals surface area contributed by atoms with Crippen molar-refractivity contribution in [3.63, 3.8) is 0 Å². The van der Waals surface area contributed by atoms with Crippen molar-refractivity contribution in [2.75, 3.05) is 0 Å². The maximum absolute atomic E-state index is 12.5. The van der Waals surface area contributed by atoms with Crippen molar-refractivity contribution >= 4 is 16.3 Å². The molecule has 2 heterocycles. The Morgan fingerprint density at radius 1 is 1.11 bits per heavy atom. The predicted molar refractivity (Wildman–Crippen MR) is 68.2 cm³/mol. The minimum Gasteiger partial charge on any atom is -0.296 e. The molecule has 3 aromatic rings. The van der Waals surface area contributed by atoms with Gasteiger partial charge in [0, 0.05) is 12.4 Å². The van der Waals surface area contributed by atoms with Gasteiger partial charge in [-0.15, -0.1) is 0 Å². The number of halogens is 3. The smallest absolute Gasteiger partial charge is 0.296 e. The van der Waals surface area contributed by atoms with E-state index in [1.807, 2.05) is 31.2 Å². The Balaban J connectivity index is 2.03. The van der Waals surface area contributed by atoms with E-state index in [4.69, 9.17) is 0 Å². The molecule has 0 radical (unpaired) electrons. The van der Waals surface area contributed by atoms with Crippen LogP contribution in [0.2, 0.25) is 0 Å². The molecule has 0 aliphatic carbocycles. The Morgan fingerprint density at radius 2 is 1.79 bits per heavy atom. The van der Waals surface area contributed by atoms with Gasteiger partial charge in [-0.05, 0) is 12.5 Å². The van der Waals surface area contributed by atoms with E-state index < -0.39 is 11.9 Å². The van der Waals surface area contributed by atoms with Crippen LogP contribution in [0, 0.1) is 6.92 Å². The summed E-state index contributed by atoms with van der Waals surface area (Å²) in [5.41, 5.74) is 1.27. The minimum atomic E-state index is -4.39. The molecule has 2 nitrogen and oxygen atoms in total. The third-order valence-corrected chi connectivity index (χ3v) is 3.83. The van der Waals surface area contributed by atoms with Crippen LogP contribution >= 0.6 is 11.3 Å². The maximum atomic E-state index is 12.5. The molecule has 3 rings (SSSR count). The van der Waals surface area contributed by atoms with E-state index in [9.17, 15) is 13.2 Å². The predicted octanol–water partition coefficient (Wildman–Crippen LogP) is 4.39. The quantitative estimate of drug-likeness (QED) is 0.647. The second-order valence-corrected chi connectivity index (χ2v) is 5.28. The standard InChI is InChI=1S/C13H9F3N2S/c1-8-2-4-9(5-3-8)10-6-18-7-11(13(14,15)16)17-12(18)19-10/h2-7H,1H3. The number of thiazole rings is 1. The molecule has 0 bridgehead atoms. The summed E-state index contributed by atoms with van der Waals surface area (Å²) in [5, 5.41) is 0. The number of hydrogen-bond acceptors (Lipinski definition) is 2. The molecule has 0 saturated heterocycles. The van der Waals surface area contributed by atoms with E-state index in [1.165, 1.54) is 15.7 Å². The fraction of sp³-hybridized carbons (Fsp3) is 0.154. The lowest BCUT2D eigenvalue weighted by atomic mass is 10.1. The highest BCUT2D eigenvalue weighted by Gasteiger charge is 2.34. The van der Waals surface area contributed by atoms with Crippen molar-refractivity contribution in [2.45, 2.75) is 13.1 Å². The molecular weight excluding hydrogens is 273 g/mol. The molecule has 6 heteroatoms. The summed E-state index contributed by atoms with van der Waals surface area (Å²) < 4.78 is 38.9. The van der Waals surface area contributed by atoms with Crippen LogP contribution in [-0.4, -0.2) is 9.38 Å². The van der Waals surface area contributed by atoms with Gasteiger partial charge in [0.15, 0.2) is 10.7 Å². The van der Waals surface area contributed by atoms with E-state index in [0.717, 1.165) is 22.2 Å². The summed E-state index contributed by atoms with van der Waals surface area (Å²) in [5.74, 6) is 0. The SMILES string of the molecule is Cc1ccc(-c2cn3cc(C(F)(F)F)nc3s2)cc1. The van der Waals surface area contributed by atoms with Crippen LogP contribution in [0.1, 0.15) is 11.3 Å². The van der Waals surface area contributed by atoms with E-state index in [-0.39, 0.29) is 0 Å². The van der Waals surface area contributed by atoms with Gasteiger partial charge in [-0.1, -0.05) is 41.2 Å². The normalized spacial score (nSPS) is 12.2. The number of benzene rings is 1. The van der Waals surface area contributed by atoms with Gasteiger partial charge in [0.2, 0.25) is 0 Å². The highest BCUT2D eigenvalue weighted by molar-refractivity contribution is 7.20. The Morgan fingerprint density at radius 3 is 2.37 bits per heavy atom.